The highest BCUT2D eigenvalue weighted by Gasteiger charge is 2.16. The van der Waals surface area contributed by atoms with E-state index in [0.717, 1.165) is 50.4 Å². The summed E-state index contributed by atoms with van der Waals surface area (Å²) in [6, 6.07) is 8.62. The summed E-state index contributed by atoms with van der Waals surface area (Å²) in [6.07, 6.45) is 5.01. The molecule has 2 fully saturated rings. The number of nitrogens with zero attached hydrogens (tertiary/aromatic N) is 1. The van der Waals surface area contributed by atoms with E-state index < -0.39 is 0 Å². The molecule has 1 aromatic rings. The number of ether oxygens (including phenoxy) is 2. The van der Waals surface area contributed by atoms with Crippen LogP contribution in [0.15, 0.2) is 29.3 Å². The van der Waals surface area contributed by atoms with Crippen molar-refractivity contribution < 1.29 is 9.47 Å². The molecule has 0 bridgehead atoms. The smallest absolute Gasteiger partial charge is 0.191 e. The lowest BCUT2D eigenvalue weighted by atomic mass is 10.1. The molecule has 158 valence electrons. The van der Waals surface area contributed by atoms with E-state index in [1.54, 1.807) is 0 Å². The number of guanidine groups is 1. The van der Waals surface area contributed by atoms with E-state index in [9.17, 15) is 0 Å². The zero-order valence-electron chi connectivity index (χ0n) is 16.8. The summed E-state index contributed by atoms with van der Waals surface area (Å²) in [4.78, 5) is 4.73. The quantitative estimate of drug-likeness (QED) is 0.310. The average Bonchev–Trinajstić information content (AvgIpc) is 3.24. The van der Waals surface area contributed by atoms with E-state index >= 15 is 0 Å². The Bertz CT molecular complexity index is 574. The summed E-state index contributed by atoms with van der Waals surface area (Å²) >= 11 is 2.07. The van der Waals surface area contributed by atoms with Gasteiger partial charge in [-0.2, -0.15) is 11.8 Å². The highest BCUT2D eigenvalue weighted by Crippen LogP contribution is 2.25. The third kappa shape index (κ3) is 8.47. The van der Waals surface area contributed by atoms with Crippen molar-refractivity contribution in [1.82, 2.24) is 10.6 Å². The van der Waals surface area contributed by atoms with Crippen LogP contribution in [0.4, 0.5) is 0 Å². The van der Waals surface area contributed by atoms with E-state index in [0.29, 0.717) is 19.3 Å². The summed E-state index contributed by atoms with van der Waals surface area (Å²) in [7, 11) is 0. The van der Waals surface area contributed by atoms with Crippen molar-refractivity contribution in [2.45, 2.75) is 57.1 Å². The monoisotopic (exact) mass is 519 g/mol. The Morgan fingerprint density at radius 1 is 1.14 bits per heavy atom. The lowest BCUT2D eigenvalue weighted by molar-refractivity contribution is -0.0390. The number of benzene rings is 1. The molecule has 1 atom stereocenters. The molecule has 3 rings (SSSR count). The number of thioether (sulfide) groups is 1. The van der Waals surface area contributed by atoms with Gasteiger partial charge in [0.05, 0.1) is 19.3 Å². The molecule has 2 N–H and O–H groups in total. The second-order valence-electron chi connectivity index (χ2n) is 7.15. The van der Waals surface area contributed by atoms with Gasteiger partial charge in [-0.25, -0.2) is 4.99 Å². The van der Waals surface area contributed by atoms with Gasteiger partial charge in [0, 0.05) is 31.6 Å². The van der Waals surface area contributed by atoms with Crippen molar-refractivity contribution in [2.24, 2.45) is 4.99 Å². The largest absolute Gasteiger partial charge is 0.381 e. The first kappa shape index (κ1) is 23.8. The summed E-state index contributed by atoms with van der Waals surface area (Å²) in [6.45, 7) is 7.00. The molecule has 2 heterocycles. The van der Waals surface area contributed by atoms with Gasteiger partial charge in [0.25, 0.3) is 0 Å². The minimum absolute atomic E-state index is 0. The van der Waals surface area contributed by atoms with Crippen LogP contribution in [0.3, 0.4) is 0 Å². The zero-order chi connectivity index (χ0) is 18.7. The molecule has 0 amide bonds. The third-order valence-electron chi connectivity index (χ3n) is 4.96. The molecule has 2 saturated heterocycles. The van der Waals surface area contributed by atoms with Gasteiger partial charge in [-0.1, -0.05) is 24.3 Å². The molecule has 0 spiro atoms. The molecule has 0 aliphatic carbocycles. The second kappa shape index (κ2) is 13.7. The van der Waals surface area contributed by atoms with Crippen LogP contribution < -0.4 is 10.6 Å². The summed E-state index contributed by atoms with van der Waals surface area (Å²) in [5.74, 6) is 2.21. The fraction of sp³-hybridized carbons (Fsp3) is 0.667. The van der Waals surface area contributed by atoms with E-state index in [2.05, 4.69) is 53.6 Å². The van der Waals surface area contributed by atoms with Gasteiger partial charge in [-0.05, 0) is 49.5 Å². The van der Waals surface area contributed by atoms with Crippen molar-refractivity contribution in [3.63, 3.8) is 0 Å². The number of nitrogens with one attached hydrogen (secondary N) is 2. The molecule has 1 aromatic carbocycles. The van der Waals surface area contributed by atoms with Crippen LogP contribution in [0, 0.1) is 0 Å². The summed E-state index contributed by atoms with van der Waals surface area (Å²) in [5.41, 5.74) is 2.44. The maximum absolute atomic E-state index is 5.99. The van der Waals surface area contributed by atoms with E-state index in [1.807, 2.05) is 0 Å². The van der Waals surface area contributed by atoms with Crippen molar-refractivity contribution >= 4 is 41.7 Å². The van der Waals surface area contributed by atoms with Crippen LogP contribution in [0.25, 0.3) is 0 Å². The first-order valence-corrected chi connectivity index (χ1v) is 11.3. The third-order valence-corrected chi connectivity index (χ3v) is 6.36. The Kier molecular flexibility index (Phi) is 11.6. The van der Waals surface area contributed by atoms with Crippen LogP contribution >= 0.6 is 35.7 Å². The van der Waals surface area contributed by atoms with Gasteiger partial charge in [0.1, 0.15) is 0 Å². The predicted molar refractivity (Wildman–Crippen MR) is 129 cm³/mol. The molecule has 2 aliphatic heterocycles. The first-order valence-electron chi connectivity index (χ1n) is 10.2. The van der Waals surface area contributed by atoms with E-state index in [1.165, 1.54) is 29.7 Å². The van der Waals surface area contributed by atoms with Crippen molar-refractivity contribution in [3.8, 4) is 0 Å². The average molecular weight is 519 g/mol. The fourth-order valence-electron chi connectivity index (χ4n) is 3.33. The number of halogens is 1. The van der Waals surface area contributed by atoms with Crippen LogP contribution in [-0.4, -0.2) is 49.4 Å². The number of hydrogen-bond donors (Lipinski definition) is 2. The van der Waals surface area contributed by atoms with Crippen LogP contribution in [0.5, 0.6) is 0 Å². The van der Waals surface area contributed by atoms with Gasteiger partial charge in [0.2, 0.25) is 0 Å². The summed E-state index contributed by atoms with van der Waals surface area (Å²) in [5, 5.41) is 7.56. The van der Waals surface area contributed by atoms with Gasteiger partial charge in [-0.15, -0.1) is 24.0 Å². The molecule has 0 aromatic heterocycles. The highest BCUT2D eigenvalue weighted by molar-refractivity contribution is 14.0. The van der Waals surface area contributed by atoms with Crippen LogP contribution in [0.1, 0.15) is 43.7 Å². The maximum atomic E-state index is 5.99. The van der Waals surface area contributed by atoms with Crippen LogP contribution in [0.2, 0.25) is 0 Å². The fourth-order valence-corrected chi connectivity index (χ4v) is 4.53. The Balaban J connectivity index is 0.00000280. The van der Waals surface area contributed by atoms with Crippen LogP contribution in [-0.2, 0) is 22.6 Å². The maximum Gasteiger partial charge on any atom is 0.191 e. The molecular formula is C21H34IN3O2S. The molecule has 0 radical (unpaired) electrons. The molecule has 7 heteroatoms. The minimum Gasteiger partial charge on any atom is -0.381 e. The Hall–Kier alpha value is -0.510. The highest BCUT2D eigenvalue weighted by atomic mass is 127. The normalized spacial score (nSPS) is 20.6. The lowest BCUT2D eigenvalue weighted by Crippen LogP contribution is -2.40. The minimum atomic E-state index is 0. The van der Waals surface area contributed by atoms with Crippen molar-refractivity contribution in [1.29, 1.82) is 0 Å². The Morgan fingerprint density at radius 3 is 2.57 bits per heavy atom. The van der Waals surface area contributed by atoms with Gasteiger partial charge in [0.15, 0.2) is 5.96 Å². The number of rotatable bonds is 8. The summed E-state index contributed by atoms with van der Waals surface area (Å²) < 4.78 is 11.4. The standard InChI is InChI=1S/C21H33N3O2S.HI/c1-2-22-21(24-15-20-4-3-13-27-20)23-14-17-5-7-18(8-6-17)16-26-19-9-11-25-12-10-19;/h5-8,19-20H,2-4,9-16H2,1H3,(H2,22,23,24);1H. The lowest BCUT2D eigenvalue weighted by Gasteiger charge is -2.22. The molecule has 28 heavy (non-hydrogen) atoms. The predicted octanol–water partition coefficient (Wildman–Crippen LogP) is 3.95. The first-order chi connectivity index (χ1) is 13.3. The number of aliphatic imine (C=N–C) groups is 1. The van der Waals surface area contributed by atoms with E-state index in [4.69, 9.17) is 14.5 Å². The Labute approximate surface area is 190 Å². The van der Waals surface area contributed by atoms with Gasteiger partial charge >= 0.3 is 0 Å². The van der Waals surface area contributed by atoms with Gasteiger partial charge in [-0.3, -0.25) is 0 Å². The van der Waals surface area contributed by atoms with Crippen molar-refractivity contribution in [3.05, 3.63) is 35.4 Å². The Morgan fingerprint density at radius 2 is 1.89 bits per heavy atom. The molecule has 5 nitrogen and oxygen atoms in total. The molecule has 0 saturated carbocycles. The van der Waals surface area contributed by atoms with E-state index in [-0.39, 0.29) is 24.0 Å². The van der Waals surface area contributed by atoms with Gasteiger partial charge < -0.3 is 20.1 Å². The molecule has 2 aliphatic rings. The zero-order valence-corrected chi connectivity index (χ0v) is 20.0. The van der Waals surface area contributed by atoms with Crippen molar-refractivity contribution in [2.75, 3.05) is 32.1 Å². The molecular weight excluding hydrogens is 485 g/mol. The number of hydrogen-bond acceptors (Lipinski definition) is 4. The second-order valence-corrected chi connectivity index (χ2v) is 8.56. The SMILES string of the molecule is CCNC(=NCc1ccc(COC2CCOCC2)cc1)NCC1CCCS1.I. The topological polar surface area (TPSA) is 54.9 Å². The molecule has 1 unspecified atom stereocenters.